The van der Waals surface area contributed by atoms with Gasteiger partial charge in [0.25, 0.3) is 5.56 Å². The van der Waals surface area contributed by atoms with Gasteiger partial charge in [0.2, 0.25) is 0 Å². The molecule has 14 heavy (non-hydrogen) atoms. The number of hydrogen-bond acceptors (Lipinski definition) is 4. The van der Waals surface area contributed by atoms with Gasteiger partial charge in [-0.05, 0) is 25.4 Å². The third kappa shape index (κ3) is 3.83. The van der Waals surface area contributed by atoms with Crippen molar-refractivity contribution in [2.24, 2.45) is 0 Å². The van der Waals surface area contributed by atoms with Crippen LogP contribution in [0.1, 0.15) is 13.3 Å². The van der Waals surface area contributed by atoms with Crippen LogP contribution in [0.2, 0.25) is 0 Å². The molecule has 0 saturated carbocycles. The van der Waals surface area contributed by atoms with E-state index in [0.717, 1.165) is 12.2 Å². The minimum absolute atomic E-state index is 0.125. The maximum absolute atomic E-state index is 10.9. The quantitative estimate of drug-likeness (QED) is 0.774. The molecular formula is C9H15N3OS. The zero-order valence-corrected chi connectivity index (χ0v) is 9.23. The SMILES string of the molecule is CSCCC(C)Nc1cc(=O)[nH]cn1. The number of nitrogens with zero attached hydrogens (tertiary/aromatic N) is 1. The van der Waals surface area contributed by atoms with Gasteiger partial charge in [-0.3, -0.25) is 4.79 Å². The molecule has 2 N–H and O–H groups in total. The van der Waals surface area contributed by atoms with E-state index in [1.54, 1.807) is 0 Å². The van der Waals surface area contributed by atoms with E-state index in [2.05, 4.69) is 28.5 Å². The number of aromatic amines is 1. The molecule has 0 aliphatic carbocycles. The van der Waals surface area contributed by atoms with Crippen LogP contribution < -0.4 is 10.9 Å². The topological polar surface area (TPSA) is 57.8 Å². The van der Waals surface area contributed by atoms with Gasteiger partial charge in [-0.25, -0.2) is 4.98 Å². The molecular weight excluding hydrogens is 198 g/mol. The summed E-state index contributed by atoms with van der Waals surface area (Å²) in [6.07, 6.45) is 4.56. The van der Waals surface area contributed by atoms with Gasteiger partial charge in [-0.2, -0.15) is 11.8 Å². The third-order valence-electron chi connectivity index (χ3n) is 1.83. The summed E-state index contributed by atoms with van der Waals surface area (Å²) in [6, 6.07) is 1.81. The third-order valence-corrected chi connectivity index (χ3v) is 2.47. The van der Waals surface area contributed by atoms with Gasteiger partial charge < -0.3 is 10.3 Å². The first-order chi connectivity index (χ1) is 6.72. The molecule has 1 rings (SSSR count). The summed E-state index contributed by atoms with van der Waals surface area (Å²) in [7, 11) is 0. The number of H-pyrrole nitrogens is 1. The number of aromatic nitrogens is 2. The fourth-order valence-corrected chi connectivity index (χ4v) is 1.66. The minimum atomic E-state index is -0.125. The molecule has 0 saturated heterocycles. The Hall–Kier alpha value is -0.970. The van der Waals surface area contributed by atoms with Crippen molar-refractivity contribution in [2.75, 3.05) is 17.3 Å². The largest absolute Gasteiger partial charge is 0.367 e. The average molecular weight is 213 g/mol. The van der Waals surface area contributed by atoms with E-state index in [-0.39, 0.29) is 5.56 Å². The van der Waals surface area contributed by atoms with Crippen LogP contribution in [-0.2, 0) is 0 Å². The second-order valence-corrected chi connectivity index (χ2v) is 4.11. The molecule has 1 aromatic rings. The van der Waals surface area contributed by atoms with Crippen molar-refractivity contribution in [3.8, 4) is 0 Å². The molecule has 0 fully saturated rings. The van der Waals surface area contributed by atoms with E-state index in [1.807, 2.05) is 11.8 Å². The number of rotatable bonds is 5. The summed E-state index contributed by atoms with van der Waals surface area (Å²) < 4.78 is 0. The van der Waals surface area contributed by atoms with Gasteiger partial charge in [0.05, 0.1) is 6.33 Å². The lowest BCUT2D eigenvalue weighted by Gasteiger charge is -2.12. The highest BCUT2D eigenvalue weighted by atomic mass is 32.2. The van der Waals surface area contributed by atoms with Crippen LogP contribution in [-0.4, -0.2) is 28.0 Å². The second kappa shape index (κ2) is 5.70. The Kier molecular flexibility index (Phi) is 4.52. The molecule has 78 valence electrons. The van der Waals surface area contributed by atoms with Crippen molar-refractivity contribution in [1.29, 1.82) is 0 Å². The maximum Gasteiger partial charge on any atom is 0.252 e. The maximum atomic E-state index is 10.9. The molecule has 1 atom stereocenters. The fourth-order valence-electron chi connectivity index (χ4n) is 1.07. The Morgan fingerprint density at radius 2 is 2.50 bits per heavy atom. The highest BCUT2D eigenvalue weighted by Gasteiger charge is 2.02. The molecule has 0 amide bonds. The van der Waals surface area contributed by atoms with Gasteiger partial charge >= 0.3 is 0 Å². The standard InChI is InChI=1S/C9H15N3OS/c1-7(3-4-14-2)12-8-5-9(13)11-6-10-8/h5-7H,3-4H2,1-2H3,(H2,10,11,12,13). The number of thioether (sulfide) groups is 1. The molecule has 0 aliphatic rings. The fraction of sp³-hybridized carbons (Fsp3) is 0.556. The van der Waals surface area contributed by atoms with Crippen LogP contribution >= 0.6 is 11.8 Å². The minimum Gasteiger partial charge on any atom is -0.367 e. The van der Waals surface area contributed by atoms with E-state index in [1.165, 1.54) is 12.4 Å². The van der Waals surface area contributed by atoms with E-state index >= 15 is 0 Å². The van der Waals surface area contributed by atoms with Crippen molar-refractivity contribution >= 4 is 17.6 Å². The van der Waals surface area contributed by atoms with Gasteiger partial charge in [0, 0.05) is 12.1 Å². The monoisotopic (exact) mass is 213 g/mol. The predicted octanol–water partition coefficient (Wildman–Crippen LogP) is 1.32. The molecule has 0 radical (unpaired) electrons. The van der Waals surface area contributed by atoms with Gasteiger partial charge in [0.15, 0.2) is 0 Å². The number of hydrogen-bond donors (Lipinski definition) is 2. The normalized spacial score (nSPS) is 12.4. The summed E-state index contributed by atoms with van der Waals surface area (Å²) in [5.74, 6) is 1.75. The Morgan fingerprint density at radius 3 is 3.14 bits per heavy atom. The molecule has 5 heteroatoms. The van der Waals surface area contributed by atoms with E-state index < -0.39 is 0 Å². The molecule has 0 aliphatic heterocycles. The molecule has 1 aromatic heterocycles. The zero-order chi connectivity index (χ0) is 10.4. The Bertz CT molecular complexity index is 326. The van der Waals surface area contributed by atoms with Crippen LogP contribution in [0.4, 0.5) is 5.82 Å². The van der Waals surface area contributed by atoms with Gasteiger partial charge in [-0.15, -0.1) is 0 Å². The lowest BCUT2D eigenvalue weighted by Crippen LogP contribution is -2.18. The highest BCUT2D eigenvalue weighted by molar-refractivity contribution is 7.98. The summed E-state index contributed by atoms with van der Waals surface area (Å²) in [4.78, 5) is 17.4. The van der Waals surface area contributed by atoms with Crippen molar-refractivity contribution in [3.63, 3.8) is 0 Å². The van der Waals surface area contributed by atoms with Gasteiger partial charge in [0.1, 0.15) is 5.82 Å². The van der Waals surface area contributed by atoms with Crippen LogP contribution in [0.15, 0.2) is 17.2 Å². The molecule has 0 bridgehead atoms. The first-order valence-electron chi connectivity index (χ1n) is 4.52. The number of nitrogens with one attached hydrogen (secondary N) is 2. The summed E-state index contributed by atoms with van der Waals surface area (Å²) >= 11 is 1.82. The Balaban J connectivity index is 2.47. The van der Waals surface area contributed by atoms with Gasteiger partial charge in [-0.1, -0.05) is 0 Å². The van der Waals surface area contributed by atoms with E-state index in [4.69, 9.17) is 0 Å². The molecule has 0 spiro atoms. The van der Waals surface area contributed by atoms with Crippen molar-refractivity contribution < 1.29 is 0 Å². The Labute approximate surface area is 87.5 Å². The highest BCUT2D eigenvalue weighted by Crippen LogP contribution is 2.05. The van der Waals surface area contributed by atoms with Crippen LogP contribution in [0.5, 0.6) is 0 Å². The molecule has 1 heterocycles. The first-order valence-corrected chi connectivity index (χ1v) is 5.92. The van der Waals surface area contributed by atoms with Crippen molar-refractivity contribution in [2.45, 2.75) is 19.4 Å². The summed E-state index contributed by atoms with van der Waals surface area (Å²) in [5, 5.41) is 3.17. The Morgan fingerprint density at radius 1 is 1.71 bits per heavy atom. The predicted molar refractivity (Wildman–Crippen MR) is 60.9 cm³/mol. The lowest BCUT2D eigenvalue weighted by atomic mass is 10.2. The smallest absolute Gasteiger partial charge is 0.252 e. The van der Waals surface area contributed by atoms with Crippen molar-refractivity contribution in [1.82, 2.24) is 9.97 Å². The molecule has 1 unspecified atom stereocenters. The summed E-state index contributed by atoms with van der Waals surface area (Å²) in [6.45, 7) is 2.08. The number of anilines is 1. The molecule has 4 nitrogen and oxygen atoms in total. The van der Waals surface area contributed by atoms with Crippen LogP contribution in [0.25, 0.3) is 0 Å². The van der Waals surface area contributed by atoms with Crippen molar-refractivity contribution in [3.05, 3.63) is 22.7 Å². The molecule has 0 aromatic carbocycles. The lowest BCUT2D eigenvalue weighted by molar-refractivity contribution is 0.765. The zero-order valence-electron chi connectivity index (χ0n) is 8.41. The average Bonchev–Trinajstić information content (AvgIpc) is 2.15. The second-order valence-electron chi connectivity index (χ2n) is 3.12. The first kappa shape index (κ1) is 11.1. The van der Waals surface area contributed by atoms with Crippen LogP contribution in [0, 0.1) is 0 Å². The summed E-state index contributed by atoms with van der Waals surface area (Å²) in [5.41, 5.74) is -0.125. The van der Waals surface area contributed by atoms with E-state index in [9.17, 15) is 4.79 Å². The van der Waals surface area contributed by atoms with Crippen LogP contribution in [0.3, 0.4) is 0 Å². The van der Waals surface area contributed by atoms with E-state index in [0.29, 0.717) is 11.9 Å².